The molecule has 6 nitrogen and oxygen atoms in total. The highest BCUT2D eigenvalue weighted by atomic mass is 35.5. The fraction of sp³-hybridized carbons (Fsp3) is 0.391. The second-order valence-electron chi connectivity index (χ2n) is 8.01. The first kappa shape index (κ1) is 20.7. The van der Waals surface area contributed by atoms with Crippen molar-refractivity contribution in [3.05, 3.63) is 68.9 Å². The van der Waals surface area contributed by atoms with Gasteiger partial charge in [0.1, 0.15) is 17.1 Å². The molecule has 1 aliphatic heterocycles. The average molecular weight is 429 g/mol. The maximum Gasteiger partial charge on any atom is 0.287 e. The van der Waals surface area contributed by atoms with Gasteiger partial charge >= 0.3 is 0 Å². The summed E-state index contributed by atoms with van der Waals surface area (Å²) in [7, 11) is 0. The highest BCUT2D eigenvalue weighted by molar-refractivity contribution is 6.31. The zero-order valence-corrected chi connectivity index (χ0v) is 17.9. The first-order valence-electron chi connectivity index (χ1n) is 10.2. The van der Waals surface area contributed by atoms with Crippen molar-refractivity contribution in [2.24, 2.45) is 5.92 Å². The molecular weight excluding hydrogens is 404 g/mol. The molecule has 1 amide bonds. The van der Waals surface area contributed by atoms with Crippen molar-refractivity contribution in [3.63, 3.8) is 0 Å². The third kappa shape index (κ3) is 4.45. The molecule has 1 saturated heterocycles. The molecule has 7 heteroatoms. The number of furan rings is 1. The molecular formula is C23H25ClN2O4. The lowest BCUT2D eigenvalue weighted by molar-refractivity contribution is 0.0870. The predicted octanol–water partition coefficient (Wildman–Crippen LogP) is 4.55. The number of piperidine rings is 1. The van der Waals surface area contributed by atoms with Crippen LogP contribution in [0.1, 0.15) is 47.9 Å². The van der Waals surface area contributed by atoms with Gasteiger partial charge in [-0.1, -0.05) is 18.5 Å². The molecule has 0 saturated carbocycles. The van der Waals surface area contributed by atoms with Crippen LogP contribution in [0.15, 0.2) is 50.0 Å². The maximum atomic E-state index is 12.8. The number of nitrogens with one attached hydrogen (secondary N) is 1. The molecule has 3 aromatic rings. The SMILES string of the molecule is Cc1ccc(C(CNC(=O)c2cc(=O)c3cc(Cl)ccc3o2)N2CCC(C)CC2)o1. The van der Waals surface area contributed by atoms with Gasteiger partial charge in [-0.2, -0.15) is 0 Å². The summed E-state index contributed by atoms with van der Waals surface area (Å²) in [5.74, 6) is 1.93. The lowest BCUT2D eigenvalue weighted by Gasteiger charge is -2.35. The summed E-state index contributed by atoms with van der Waals surface area (Å²) in [5.41, 5.74) is 0.0346. The highest BCUT2D eigenvalue weighted by Gasteiger charge is 2.27. The molecule has 1 aliphatic rings. The summed E-state index contributed by atoms with van der Waals surface area (Å²) in [4.78, 5) is 27.5. The fourth-order valence-electron chi connectivity index (χ4n) is 3.90. The Hall–Kier alpha value is -2.57. The number of amides is 1. The zero-order chi connectivity index (χ0) is 21.3. The number of fused-ring (bicyclic) bond motifs is 1. The number of benzene rings is 1. The standard InChI is InChI=1S/C23H25ClN2O4/c1-14-7-9-26(10-8-14)18(21-5-3-15(2)29-21)13-25-23(28)22-12-19(27)17-11-16(24)4-6-20(17)30-22/h3-6,11-12,14,18H,7-10,13H2,1-2H3,(H,25,28). The normalized spacial score (nSPS) is 16.6. The van der Waals surface area contributed by atoms with E-state index in [1.54, 1.807) is 12.1 Å². The van der Waals surface area contributed by atoms with Crippen LogP contribution >= 0.6 is 11.6 Å². The Kier molecular flexibility index (Phi) is 5.97. The number of carbonyl (C=O) groups excluding carboxylic acids is 1. The van der Waals surface area contributed by atoms with E-state index in [0.717, 1.165) is 37.5 Å². The number of rotatable bonds is 5. The third-order valence-electron chi connectivity index (χ3n) is 5.72. The van der Waals surface area contributed by atoms with Gasteiger partial charge in [-0.15, -0.1) is 0 Å². The van der Waals surface area contributed by atoms with Crippen molar-refractivity contribution >= 4 is 28.5 Å². The molecule has 4 rings (SSSR count). The van der Waals surface area contributed by atoms with E-state index in [9.17, 15) is 9.59 Å². The molecule has 30 heavy (non-hydrogen) atoms. The molecule has 158 valence electrons. The van der Waals surface area contributed by atoms with Crippen molar-refractivity contribution < 1.29 is 13.6 Å². The van der Waals surface area contributed by atoms with Crippen LogP contribution in [0.5, 0.6) is 0 Å². The Morgan fingerprint density at radius 2 is 1.97 bits per heavy atom. The quantitative estimate of drug-likeness (QED) is 0.645. The van der Waals surface area contributed by atoms with Crippen LogP contribution in [-0.2, 0) is 0 Å². The van der Waals surface area contributed by atoms with Crippen LogP contribution in [0.2, 0.25) is 5.02 Å². The van der Waals surface area contributed by atoms with Crippen LogP contribution in [0, 0.1) is 12.8 Å². The molecule has 3 heterocycles. The van der Waals surface area contributed by atoms with E-state index in [1.165, 1.54) is 12.1 Å². The average Bonchev–Trinajstić information content (AvgIpc) is 3.15. The number of aryl methyl sites for hydroxylation is 1. The van der Waals surface area contributed by atoms with E-state index in [2.05, 4.69) is 17.1 Å². The molecule has 1 atom stereocenters. The lowest BCUT2D eigenvalue weighted by atomic mass is 9.97. The van der Waals surface area contributed by atoms with Crippen molar-refractivity contribution in [2.45, 2.75) is 32.7 Å². The van der Waals surface area contributed by atoms with Crippen molar-refractivity contribution in [1.82, 2.24) is 10.2 Å². The highest BCUT2D eigenvalue weighted by Crippen LogP contribution is 2.28. The zero-order valence-electron chi connectivity index (χ0n) is 17.1. The molecule has 1 aromatic carbocycles. The van der Waals surface area contributed by atoms with E-state index in [4.69, 9.17) is 20.4 Å². The largest absolute Gasteiger partial charge is 0.465 e. The second-order valence-corrected chi connectivity index (χ2v) is 8.44. The van der Waals surface area contributed by atoms with Gasteiger partial charge in [0.25, 0.3) is 5.91 Å². The Balaban J connectivity index is 1.53. The van der Waals surface area contributed by atoms with Crippen molar-refractivity contribution in [3.8, 4) is 0 Å². The maximum absolute atomic E-state index is 12.8. The summed E-state index contributed by atoms with van der Waals surface area (Å²) in [6.45, 7) is 6.44. The summed E-state index contributed by atoms with van der Waals surface area (Å²) in [6, 6.07) is 9.80. The number of hydrogen-bond acceptors (Lipinski definition) is 5. The second kappa shape index (κ2) is 8.66. The number of halogens is 1. The molecule has 2 aromatic heterocycles. The Bertz CT molecular complexity index is 1110. The lowest BCUT2D eigenvalue weighted by Crippen LogP contribution is -2.41. The Morgan fingerprint density at radius 3 is 2.67 bits per heavy atom. The van der Waals surface area contributed by atoms with E-state index in [0.29, 0.717) is 28.5 Å². The Morgan fingerprint density at radius 1 is 1.20 bits per heavy atom. The molecule has 0 radical (unpaired) electrons. The molecule has 1 unspecified atom stereocenters. The van der Waals surface area contributed by atoms with Crippen LogP contribution in [-0.4, -0.2) is 30.4 Å². The number of hydrogen-bond donors (Lipinski definition) is 1. The third-order valence-corrected chi connectivity index (χ3v) is 5.95. The summed E-state index contributed by atoms with van der Waals surface area (Å²) in [5, 5.41) is 3.72. The van der Waals surface area contributed by atoms with Crippen LogP contribution < -0.4 is 10.7 Å². The molecule has 1 fully saturated rings. The first-order valence-corrected chi connectivity index (χ1v) is 10.6. The van der Waals surface area contributed by atoms with Gasteiger partial charge in [0.15, 0.2) is 11.2 Å². The fourth-order valence-corrected chi connectivity index (χ4v) is 4.07. The molecule has 1 N–H and O–H groups in total. The van der Waals surface area contributed by atoms with Crippen molar-refractivity contribution in [2.75, 3.05) is 19.6 Å². The van der Waals surface area contributed by atoms with Crippen molar-refractivity contribution in [1.29, 1.82) is 0 Å². The summed E-state index contributed by atoms with van der Waals surface area (Å²) in [6.07, 6.45) is 2.23. The van der Waals surface area contributed by atoms with E-state index >= 15 is 0 Å². The topological polar surface area (TPSA) is 75.7 Å². The van der Waals surface area contributed by atoms with Gasteiger partial charge in [0.2, 0.25) is 0 Å². The monoisotopic (exact) mass is 428 g/mol. The van der Waals surface area contributed by atoms with Gasteiger partial charge in [-0.05, 0) is 69.1 Å². The van der Waals surface area contributed by atoms with Gasteiger partial charge in [-0.3, -0.25) is 14.5 Å². The van der Waals surface area contributed by atoms with Crippen LogP contribution in [0.3, 0.4) is 0 Å². The minimum atomic E-state index is -0.428. The van der Waals surface area contributed by atoms with E-state index in [1.807, 2.05) is 19.1 Å². The number of carbonyl (C=O) groups is 1. The molecule has 0 bridgehead atoms. The summed E-state index contributed by atoms with van der Waals surface area (Å²) < 4.78 is 11.5. The first-order chi connectivity index (χ1) is 14.4. The van der Waals surface area contributed by atoms with Crippen LogP contribution in [0.25, 0.3) is 11.0 Å². The minimum absolute atomic E-state index is 0.0172. The van der Waals surface area contributed by atoms with Gasteiger partial charge in [0, 0.05) is 17.6 Å². The minimum Gasteiger partial charge on any atom is -0.465 e. The molecule has 0 spiro atoms. The smallest absolute Gasteiger partial charge is 0.287 e. The van der Waals surface area contributed by atoms with Gasteiger partial charge in [-0.25, -0.2) is 0 Å². The Labute approximate surface area is 179 Å². The van der Waals surface area contributed by atoms with Gasteiger partial charge < -0.3 is 14.2 Å². The molecule has 0 aliphatic carbocycles. The van der Waals surface area contributed by atoms with Crippen LogP contribution in [0.4, 0.5) is 0 Å². The van der Waals surface area contributed by atoms with E-state index < -0.39 is 5.91 Å². The van der Waals surface area contributed by atoms with Gasteiger partial charge in [0.05, 0.1) is 11.4 Å². The van der Waals surface area contributed by atoms with E-state index in [-0.39, 0.29) is 17.2 Å². The summed E-state index contributed by atoms with van der Waals surface area (Å²) >= 11 is 5.95. The predicted molar refractivity (Wildman–Crippen MR) is 116 cm³/mol. The number of likely N-dealkylation sites (tertiary alicyclic amines) is 1. The number of nitrogens with zero attached hydrogens (tertiary/aromatic N) is 1.